The minimum Gasteiger partial charge on any atom is -0.324 e. The highest BCUT2D eigenvalue weighted by Gasteiger charge is 2.11. The van der Waals surface area contributed by atoms with E-state index in [0.717, 1.165) is 35.8 Å². The van der Waals surface area contributed by atoms with E-state index in [9.17, 15) is 4.39 Å². The predicted molar refractivity (Wildman–Crippen MR) is 82.3 cm³/mol. The number of thioether (sulfide) groups is 1. The van der Waals surface area contributed by atoms with Crippen LogP contribution in [0.15, 0.2) is 17.0 Å². The standard InChI is InChI=1S/C15H25FN2S/c1-5-18(6-2)7-8-19-15-9-11(3)14(16)10-13(15)12(4)17/h9-10,12H,5-8,17H2,1-4H3/t12-/m0/s1. The number of aryl methyl sites for hydroxylation is 1. The van der Waals surface area contributed by atoms with Crippen LogP contribution in [0.4, 0.5) is 4.39 Å². The van der Waals surface area contributed by atoms with Crippen molar-refractivity contribution in [3.05, 3.63) is 29.1 Å². The molecule has 0 amide bonds. The summed E-state index contributed by atoms with van der Waals surface area (Å²) in [4.78, 5) is 3.50. The van der Waals surface area contributed by atoms with Crippen LogP contribution in [0.1, 0.15) is 37.9 Å². The van der Waals surface area contributed by atoms with E-state index in [1.54, 1.807) is 24.8 Å². The maximum absolute atomic E-state index is 13.6. The Morgan fingerprint density at radius 1 is 1.32 bits per heavy atom. The molecule has 0 fully saturated rings. The zero-order valence-electron chi connectivity index (χ0n) is 12.4. The maximum Gasteiger partial charge on any atom is 0.126 e. The molecule has 2 nitrogen and oxygen atoms in total. The molecule has 1 atom stereocenters. The molecule has 0 aliphatic heterocycles. The third kappa shape index (κ3) is 4.79. The van der Waals surface area contributed by atoms with Crippen LogP contribution in [0.25, 0.3) is 0 Å². The fourth-order valence-corrected chi connectivity index (χ4v) is 3.22. The number of nitrogens with zero attached hydrogens (tertiary/aromatic N) is 1. The van der Waals surface area contributed by atoms with Crippen molar-refractivity contribution in [1.82, 2.24) is 4.90 Å². The van der Waals surface area contributed by atoms with Gasteiger partial charge in [0.05, 0.1) is 0 Å². The highest BCUT2D eigenvalue weighted by molar-refractivity contribution is 7.99. The number of hydrogen-bond acceptors (Lipinski definition) is 3. The molecule has 0 heterocycles. The molecule has 1 rings (SSSR count). The van der Waals surface area contributed by atoms with E-state index >= 15 is 0 Å². The lowest BCUT2D eigenvalue weighted by atomic mass is 10.1. The van der Waals surface area contributed by atoms with E-state index in [1.807, 2.05) is 13.0 Å². The molecule has 2 N–H and O–H groups in total. The van der Waals surface area contributed by atoms with E-state index in [4.69, 9.17) is 5.73 Å². The SMILES string of the molecule is CCN(CC)CCSc1cc(C)c(F)cc1[C@H](C)N. The first-order valence-corrected chi connectivity index (χ1v) is 7.88. The van der Waals surface area contributed by atoms with Crippen LogP contribution >= 0.6 is 11.8 Å². The average Bonchev–Trinajstić information content (AvgIpc) is 2.38. The van der Waals surface area contributed by atoms with E-state index < -0.39 is 0 Å². The Morgan fingerprint density at radius 3 is 2.47 bits per heavy atom. The molecule has 0 aliphatic rings. The van der Waals surface area contributed by atoms with Gasteiger partial charge in [0.25, 0.3) is 0 Å². The quantitative estimate of drug-likeness (QED) is 0.776. The Labute approximate surface area is 120 Å². The molecule has 0 bridgehead atoms. The maximum atomic E-state index is 13.6. The van der Waals surface area contributed by atoms with Crippen LogP contribution < -0.4 is 5.73 Å². The van der Waals surface area contributed by atoms with Gasteiger partial charge in [-0.15, -0.1) is 11.8 Å². The van der Waals surface area contributed by atoms with Crippen LogP contribution in [0.5, 0.6) is 0 Å². The molecule has 0 saturated heterocycles. The third-order valence-corrected chi connectivity index (χ3v) is 4.39. The molecule has 1 aromatic carbocycles. The summed E-state index contributed by atoms with van der Waals surface area (Å²) in [6.07, 6.45) is 0. The predicted octanol–water partition coefficient (Wildman–Crippen LogP) is 3.59. The largest absolute Gasteiger partial charge is 0.324 e. The highest BCUT2D eigenvalue weighted by Crippen LogP contribution is 2.29. The average molecular weight is 284 g/mol. The van der Waals surface area contributed by atoms with Crippen molar-refractivity contribution in [2.45, 2.75) is 38.6 Å². The summed E-state index contributed by atoms with van der Waals surface area (Å²) < 4.78 is 13.6. The summed E-state index contributed by atoms with van der Waals surface area (Å²) in [7, 11) is 0. The van der Waals surface area contributed by atoms with Gasteiger partial charge in [-0.2, -0.15) is 0 Å². The van der Waals surface area contributed by atoms with Gasteiger partial charge in [0.2, 0.25) is 0 Å². The molecule has 0 aliphatic carbocycles. The lowest BCUT2D eigenvalue weighted by molar-refractivity contribution is 0.324. The zero-order valence-corrected chi connectivity index (χ0v) is 13.2. The molecular weight excluding hydrogens is 259 g/mol. The highest BCUT2D eigenvalue weighted by atomic mass is 32.2. The van der Waals surface area contributed by atoms with Crippen LogP contribution in [0.2, 0.25) is 0 Å². The Kier molecular flexibility index (Phi) is 6.83. The van der Waals surface area contributed by atoms with Crippen molar-refractivity contribution in [2.24, 2.45) is 5.73 Å². The number of nitrogens with two attached hydrogens (primary N) is 1. The summed E-state index contributed by atoms with van der Waals surface area (Å²) in [5, 5.41) is 0. The summed E-state index contributed by atoms with van der Waals surface area (Å²) in [5.74, 6) is 0.840. The smallest absolute Gasteiger partial charge is 0.126 e. The van der Waals surface area contributed by atoms with Crippen molar-refractivity contribution in [2.75, 3.05) is 25.4 Å². The van der Waals surface area contributed by atoms with E-state index in [-0.39, 0.29) is 11.9 Å². The van der Waals surface area contributed by atoms with Gasteiger partial charge >= 0.3 is 0 Å². The van der Waals surface area contributed by atoms with E-state index in [2.05, 4.69) is 18.7 Å². The third-order valence-electron chi connectivity index (χ3n) is 3.34. The minimum absolute atomic E-state index is 0.133. The van der Waals surface area contributed by atoms with Gasteiger partial charge in [-0.3, -0.25) is 0 Å². The van der Waals surface area contributed by atoms with Gasteiger partial charge in [-0.1, -0.05) is 13.8 Å². The fourth-order valence-electron chi connectivity index (χ4n) is 1.98. The normalized spacial score (nSPS) is 13.0. The first-order valence-electron chi connectivity index (χ1n) is 6.90. The van der Waals surface area contributed by atoms with Gasteiger partial charge in [0.1, 0.15) is 5.82 Å². The van der Waals surface area contributed by atoms with Crippen LogP contribution in [0.3, 0.4) is 0 Å². The number of benzene rings is 1. The first kappa shape index (κ1) is 16.5. The number of hydrogen-bond donors (Lipinski definition) is 1. The second kappa shape index (κ2) is 7.88. The van der Waals surface area contributed by atoms with Crippen molar-refractivity contribution >= 4 is 11.8 Å². The molecule has 0 aromatic heterocycles. The first-order chi connectivity index (χ1) is 8.99. The summed E-state index contributed by atoms with van der Waals surface area (Å²) in [5.41, 5.74) is 7.53. The Morgan fingerprint density at radius 2 is 1.95 bits per heavy atom. The van der Waals surface area contributed by atoms with E-state index in [0.29, 0.717) is 5.56 Å². The summed E-state index contributed by atoms with van der Waals surface area (Å²) in [6, 6.07) is 3.37. The molecule has 108 valence electrons. The van der Waals surface area contributed by atoms with Crippen molar-refractivity contribution in [3.63, 3.8) is 0 Å². The summed E-state index contributed by atoms with van der Waals surface area (Å²) >= 11 is 1.77. The van der Waals surface area contributed by atoms with Gasteiger partial charge in [0, 0.05) is 23.2 Å². The Balaban J connectivity index is 2.74. The van der Waals surface area contributed by atoms with Crippen molar-refractivity contribution < 1.29 is 4.39 Å². The zero-order chi connectivity index (χ0) is 14.4. The second-order valence-corrected chi connectivity index (χ2v) is 5.94. The van der Waals surface area contributed by atoms with Crippen LogP contribution in [-0.2, 0) is 0 Å². The molecule has 19 heavy (non-hydrogen) atoms. The van der Waals surface area contributed by atoms with Crippen molar-refractivity contribution in [1.29, 1.82) is 0 Å². The fraction of sp³-hybridized carbons (Fsp3) is 0.600. The second-order valence-electron chi connectivity index (χ2n) is 4.80. The van der Waals surface area contributed by atoms with Crippen molar-refractivity contribution in [3.8, 4) is 0 Å². The molecule has 4 heteroatoms. The van der Waals surface area contributed by atoms with E-state index in [1.165, 1.54) is 0 Å². The topological polar surface area (TPSA) is 29.3 Å². The Bertz CT molecular complexity index is 403. The monoisotopic (exact) mass is 284 g/mol. The number of rotatable bonds is 7. The minimum atomic E-state index is -0.166. The van der Waals surface area contributed by atoms with Crippen LogP contribution in [0, 0.1) is 12.7 Å². The number of halogens is 1. The van der Waals surface area contributed by atoms with Gasteiger partial charge in [0.15, 0.2) is 0 Å². The lowest BCUT2D eigenvalue weighted by Crippen LogP contribution is -2.25. The molecule has 1 aromatic rings. The van der Waals surface area contributed by atoms with Gasteiger partial charge in [-0.05, 0) is 50.2 Å². The molecule has 0 radical (unpaired) electrons. The molecular formula is C15H25FN2S. The molecule has 0 saturated carbocycles. The van der Waals surface area contributed by atoms with Gasteiger partial charge in [-0.25, -0.2) is 4.39 Å². The van der Waals surface area contributed by atoms with Crippen LogP contribution in [-0.4, -0.2) is 30.3 Å². The molecule has 0 unspecified atom stereocenters. The van der Waals surface area contributed by atoms with Gasteiger partial charge < -0.3 is 10.6 Å². The summed E-state index contributed by atoms with van der Waals surface area (Å²) in [6.45, 7) is 11.2. The Hall–Kier alpha value is -0.580. The lowest BCUT2D eigenvalue weighted by Gasteiger charge is -2.19. The molecule has 0 spiro atoms.